The van der Waals surface area contributed by atoms with Gasteiger partial charge in [-0.2, -0.15) is 0 Å². The van der Waals surface area contributed by atoms with Crippen LogP contribution in [0.4, 0.5) is 0 Å². The van der Waals surface area contributed by atoms with Crippen molar-refractivity contribution in [2.45, 2.75) is 0 Å². The highest BCUT2D eigenvalue weighted by Gasteiger charge is 2.24. The van der Waals surface area contributed by atoms with Crippen molar-refractivity contribution in [1.29, 1.82) is 0 Å². The average molecular weight is 296 g/mol. The third kappa shape index (κ3) is 3.83. The maximum atomic E-state index is 12.5. The van der Waals surface area contributed by atoms with Crippen molar-refractivity contribution >= 4 is 11.8 Å². The number of aromatic nitrogens is 2. The van der Waals surface area contributed by atoms with Gasteiger partial charge in [0.15, 0.2) is 0 Å². The molecule has 0 aliphatic heterocycles. The van der Waals surface area contributed by atoms with Crippen LogP contribution in [0.5, 0.6) is 0 Å². The molecule has 0 fully saturated rings. The minimum Gasteiger partial charge on any atom is -0.327 e. The first kappa shape index (κ1) is 15.5. The molecule has 0 saturated carbocycles. The molecule has 0 spiro atoms. The Morgan fingerprint density at radius 3 is 1.91 bits per heavy atom. The number of imide groups is 1. The largest absolute Gasteiger partial charge is 0.327 e. The second-order valence-corrected chi connectivity index (χ2v) is 4.36. The summed E-state index contributed by atoms with van der Waals surface area (Å²) in [5.41, 5.74) is 5.79. The normalized spacial score (nSPS) is 10.6. The molecular weight excluding hydrogens is 280 g/mol. The maximum Gasteiger partial charge on any atom is 0.279 e. The van der Waals surface area contributed by atoms with Crippen LogP contribution < -0.4 is 5.73 Å². The Balaban J connectivity index is 2.28. The Bertz CT molecular complexity index is 605. The van der Waals surface area contributed by atoms with Crippen LogP contribution in [-0.4, -0.2) is 39.8 Å². The quantitative estimate of drug-likeness (QED) is 0.663. The van der Waals surface area contributed by atoms with Crippen molar-refractivity contribution in [2.24, 2.45) is 5.73 Å². The summed E-state index contributed by atoms with van der Waals surface area (Å²) in [6.07, 6.45) is 6.37. The van der Waals surface area contributed by atoms with Crippen molar-refractivity contribution in [1.82, 2.24) is 14.9 Å². The fourth-order valence-electron chi connectivity index (χ4n) is 1.79. The minimum absolute atomic E-state index is 0.113. The number of amides is 2. The lowest BCUT2D eigenvalue weighted by molar-refractivity contribution is 0.0627. The Hall–Kier alpha value is -2.86. The van der Waals surface area contributed by atoms with E-state index in [0.29, 0.717) is 6.54 Å². The summed E-state index contributed by atoms with van der Waals surface area (Å²) in [5, 5.41) is 0. The number of carbonyl (C=O) groups excluding carboxylic acids is 2. The highest BCUT2D eigenvalue weighted by Crippen LogP contribution is 2.07. The molecule has 0 aliphatic carbocycles. The highest BCUT2D eigenvalue weighted by molar-refractivity contribution is 6.08. The zero-order valence-electron chi connectivity index (χ0n) is 11.9. The second kappa shape index (κ2) is 7.80. The number of hydrogen-bond donors (Lipinski definition) is 1. The highest BCUT2D eigenvalue weighted by atomic mass is 16.2. The van der Waals surface area contributed by atoms with E-state index in [4.69, 9.17) is 5.73 Å². The van der Waals surface area contributed by atoms with Gasteiger partial charge in [0.25, 0.3) is 11.8 Å². The van der Waals surface area contributed by atoms with Crippen molar-refractivity contribution < 1.29 is 9.59 Å². The van der Waals surface area contributed by atoms with Gasteiger partial charge < -0.3 is 5.73 Å². The molecule has 2 aromatic heterocycles. The lowest BCUT2D eigenvalue weighted by atomic mass is 10.2. The van der Waals surface area contributed by atoms with Gasteiger partial charge >= 0.3 is 0 Å². The number of nitrogens with two attached hydrogens (primary N) is 1. The summed E-state index contributed by atoms with van der Waals surface area (Å²) in [4.78, 5) is 34.1. The van der Waals surface area contributed by atoms with Crippen molar-refractivity contribution in [2.75, 3.05) is 13.1 Å². The monoisotopic (exact) mass is 296 g/mol. The summed E-state index contributed by atoms with van der Waals surface area (Å²) < 4.78 is 0. The Morgan fingerprint density at radius 1 is 0.955 bits per heavy atom. The molecule has 2 heterocycles. The van der Waals surface area contributed by atoms with Crippen LogP contribution in [0.2, 0.25) is 0 Å². The van der Waals surface area contributed by atoms with Crippen LogP contribution >= 0.6 is 0 Å². The van der Waals surface area contributed by atoms with Crippen LogP contribution in [0, 0.1) is 0 Å². The van der Waals surface area contributed by atoms with Gasteiger partial charge in [0.2, 0.25) is 0 Å². The molecule has 112 valence electrons. The Kier molecular flexibility index (Phi) is 5.50. The second-order valence-electron chi connectivity index (χ2n) is 4.36. The van der Waals surface area contributed by atoms with Crippen molar-refractivity contribution in [3.8, 4) is 0 Å². The molecule has 0 aromatic carbocycles. The van der Waals surface area contributed by atoms with E-state index < -0.39 is 11.8 Å². The summed E-state index contributed by atoms with van der Waals surface area (Å²) in [7, 11) is 0. The van der Waals surface area contributed by atoms with E-state index in [1.807, 2.05) is 0 Å². The van der Waals surface area contributed by atoms with Crippen molar-refractivity contribution in [3.05, 3.63) is 72.3 Å². The first-order valence-corrected chi connectivity index (χ1v) is 6.77. The van der Waals surface area contributed by atoms with Gasteiger partial charge in [-0.05, 0) is 24.3 Å². The van der Waals surface area contributed by atoms with Crippen LogP contribution in [0.25, 0.3) is 0 Å². The molecule has 0 bridgehead atoms. The third-order valence-electron chi connectivity index (χ3n) is 2.85. The van der Waals surface area contributed by atoms with E-state index in [1.165, 1.54) is 12.4 Å². The van der Waals surface area contributed by atoms with E-state index in [0.717, 1.165) is 4.90 Å². The van der Waals surface area contributed by atoms with Crippen molar-refractivity contribution in [3.63, 3.8) is 0 Å². The van der Waals surface area contributed by atoms with Crippen LogP contribution in [0.15, 0.2) is 60.9 Å². The number of nitrogens with zero attached hydrogens (tertiary/aromatic N) is 3. The van der Waals surface area contributed by atoms with E-state index in [9.17, 15) is 9.59 Å². The molecule has 6 nitrogen and oxygen atoms in total. The number of hydrogen-bond acceptors (Lipinski definition) is 5. The average Bonchev–Trinajstić information content (AvgIpc) is 2.59. The molecule has 0 aliphatic rings. The van der Waals surface area contributed by atoms with Crippen LogP contribution in [-0.2, 0) is 0 Å². The van der Waals surface area contributed by atoms with Gasteiger partial charge in [-0.15, -0.1) is 0 Å². The molecular formula is C16H16N4O2. The molecule has 22 heavy (non-hydrogen) atoms. The Morgan fingerprint density at radius 2 is 1.50 bits per heavy atom. The number of carbonyl (C=O) groups is 2. The standard InChI is InChI=1S/C16H16N4O2/c17-9-3-6-12-20(15(21)13-7-1-4-10-18-13)16(22)14-8-2-5-11-19-14/h1-8,10-11H,9,12,17H2/b6-3+. The maximum absolute atomic E-state index is 12.5. The van der Waals surface area contributed by atoms with E-state index >= 15 is 0 Å². The number of rotatable bonds is 5. The summed E-state index contributed by atoms with van der Waals surface area (Å²) in [5.74, 6) is -0.948. The lowest BCUT2D eigenvalue weighted by Gasteiger charge is -2.18. The lowest BCUT2D eigenvalue weighted by Crippen LogP contribution is -2.38. The minimum atomic E-state index is -0.474. The van der Waals surface area contributed by atoms with E-state index in [-0.39, 0.29) is 17.9 Å². The first-order valence-electron chi connectivity index (χ1n) is 6.77. The number of pyridine rings is 2. The molecule has 2 aromatic rings. The molecule has 0 radical (unpaired) electrons. The molecule has 0 saturated heterocycles. The molecule has 0 atom stereocenters. The van der Waals surface area contributed by atoms with Gasteiger partial charge in [0.1, 0.15) is 11.4 Å². The zero-order valence-corrected chi connectivity index (χ0v) is 11.9. The third-order valence-corrected chi connectivity index (χ3v) is 2.85. The van der Waals surface area contributed by atoms with Crippen LogP contribution in [0.3, 0.4) is 0 Å². The van der Waals surface area contributed by atoms with Gasteiger partial charge in [-0.25, -0.2) is 0 Å². The van der Waals surface area contributed by atoms with Gasteiger partial charge in [-0.1, -0.05) is 24.3 Å². The summed E-state index contributed by atoms with van der Waals surface area (Å²) in [6.45, 7) is 0.450. The smallest absolute Gasteiger partial charge is 0.279 e. The topological polar surface area (TPSA) is 89.2 Å². The molecule has 0 unspecified atom stereocenters. The van der Waals surface area contributed by atoms with E-state index in [2.05, 4.69) is 9.97 Å². The molecule has 2 rings (SSSR count). The van der Waals surface area contributed by atoms with E-state index in [1.54, 1.807) is 48.6 Å². The van der Waals surface area contributed by atoms with Gasteiger partial charge in [0.05, 0.1) is 0 Å². The van der Waals surface area contributed by atoms with Gasteiger partial charge in [0, 0.05) is 25.5 Å². The molecule has 2 N–H and O–H groups in total. The van der Waals surface area contributed by atoms with Crippen LogP contribution in [0.1, 0.15) is 21.0 Å². The fraction of sp³-hybridized carbons (Fsp3) is 0.125. The molecule has 6 heteroatoms. The first-order chi connectivity index (χ1) is 10.7. The predicted octanol–water partition coefficient (Wildman–Crippen LogP) is 1.27. The molecule has 2 amide bonds. The SMILES string of the molecule is NC/C=C/CN(C(=O)c1ccccn1)C(=O)c1ccccn1. The van der Waals surface area contributed by atoms with Gasteiger partial charge in [-0.3, -0.25) is 24.5 Å². The fourth-order valence-corrected chi connectivity index (χ4v) is 1.79. The summed E-state index contributed by atoms with van der Waals surface area (Å²) >= 11 is 0. The Labute approximate surface area is 128 Å². The predicted molar refractivity (Wildman–Crippen MR) is 82.0 cm³/mol. The summed E-state index contributed by atoms with van der Waals surface area (Å²) in [6, 6.07) is 9.92. The zero-order chi connectivity index (χ0) is 15.8.